The normalized spacial score (nSPS) is 10.1. The molecule has 0 unspecified atom stereocenters. The fourth-order valence-corrected chi connectivity index (χ4v) is 1.19. The van der Waals surface area contributed by atoms with E-state index in [1.165, 1.54) is 0 Å². The van der Waals surface area contributed by atoms with Crippen LogP contribution in [0.5, 0.6) is 0 Å². The van der Waals surface area contributed by atoms with Gasteiger partial charge in [0.1, 0.15) is 5.76 Å². The number of aromatic nitrogens is 1. The highest BCUT2D eigenvalue weighted by atomic mass is 16.5. The standard InChI is InChI=1S/C12H18N4O3/c1-4-5-13-11(17)7-14-12(18)15-10-6-9(8(2)3)19-16-10/h4,6,8H,1,5,7H2,2-3H3,(H,13,17)(H2,14,15,16,18). The largest absolute Gasteiger partial charge is 0.359 e. The Morgan fingerprint density at radius 1 is 1.47 bits per heavy atom. The van der Waals surface area contributed by atoms with Crippen LogP contribution in [0.25, 0.3) is 0 Å². The van der Waals surface area contributed by atoms with Crippen molar-refractivity contribution in [3.63, 3.8) is 0 Å². The SMILES string of the molecule is C=CCNC(=O)CNC(=O)Nc1cc(C(C)C)on1. The lowest BCUT2D eigenvalue weighted by Crippen LogP contribution is -2.38. The first-order valence-electron chi connectivity index (χ1n) is 5.92. The van der Waals surface area contributed by atoms with Crippen molar-refractivity contribution in [2.75, 3.05) is 18.4 Å². The summed E-state index contributed by atoms with van der Waals surface area (Å²) in [6, 6.07) is 1.12. The van der Waals surface area contributed by atoms with Crippen LogP contribution in [0.4, 0.5) is 10.6 Å². The van der Waals surface area contributed by atoms with Crippen molar-refractivity contribution >= 4 is 17.8 Å². The van der Waals surface area contributed by atoms with Gasteiger partial charge in [0.2, 0.25) is 5.91 Å². The molecule has 0 bridgehead atoms. The third-order valence-corrected chi connectivity index (χ3v) is 2.19. The number of carbonyl (C=O) groups is 2. The average Bonchev–Trinajstić information content (AvgIpc) is 2.82. The van der Waals surface area contributed by atoms with Crippen molar-refractivity contribution in [2.24, 2.45) is 0 Å². The van der Waals surface area contributed by atoms with Crippen molar-refractivity contribution in [1.29, 1.82) is 0 Å². The maximum atomic E-state index is 11.5. The molecule has 19 heavy (non-hydrogen) atoms. The Labute approximate surface area is 111 Å². The minimum absolute atomic E-state index is 0.117. The number of amides is 3. The summed E-state index contributed by atoms with van der Waals surface area (Å²) in [5.41, 5.74) is 0. The van der Waals surface area contributed by atoms with Gasteiger partial charge in [0.25, 0.3) is 0 Å². The van der Waals surface area contributed by atoms with Gasteiger partial charge in [0.05, 0.1) is 6.54 Å². The molecule has 0 aliphatic rings. The number of hydrogen-bond donors (Lipinski definition) is 3. The molecule has 7 heteroatoms. The first-order valence-corrected chi connectivity index (χ1v) is 5.92. The number of rotatable bonds is 6. The molecule has 0 aliphatic carbocycles. The first-order chi connectivity index (χ1) is 9.02. The molecule has 0 saturated carbocycles. The molecule has 0 aliphatic heterocycles. The van der Waals surface area contributed by atoms with Gasteiger partial charge in [-0.15, -0.1) is 6.58 Å². The monoisotopic (exact) mass is 266 g/mol. The highest BCUT2D eigenvalue weighted by molar-refractivity contribution is 5.91. The number of nitrogens with one attached hydrogen (secondary N) is 3. The van der Waals surface area contributed by atoms with Crippen LogP contribution in [0.1, 0.15) is 25.5 Å². The van der Waals surface area contributed by atoms with E-state index in [9.17, 15) is 9.59 Å². The van der Waals surface area contributed by atoms with Crippen molar-refractivity contribution in [3.05, 3.63) is 24.5 Å². The summed E-state index contributed by atoms with van der Waals surface area (Å²) in [5.74, 6) is 0.889. The Morgan fingerprint density at radius 2 is 2.21 bits per heavy atom. The van der Waals surface area contributed by atoms with Gasteiger partial charge in [-0.05, 0) is 0 Å². The first kappa shape index (κ1) is 14.7. The van der Waals surface area contributed by atoms with Crippen molar-refractivity contribution < 1.29 is 14.1 Å². The molecule has 0 fully saturated rings. The quantitative estimate of drug-likeness (QED) is 0.674. The number of carbonyl (C=O) groups excluding carboxylic acids is 2. The van der Waals surface area contributed by atoms with E-state index in [1.807, 2.05) is 13.8 Å². The zero-order valence-electron chi connectivity index (χ0n) is 11.0. The molecular formula is C12H18N4O3. The Morgan fingerprint density at radius 3 is 2.79 bits per heavy atom. The van der Waals surface area contributed by atoms with Crippen LogP contribution in [0.3, 0.4) is 0 Å². The Bertz CT molecular complexity index is 454. The topological polar surface area (TPSA) is 96.3 Å². The number of urea groups is 1. The van der Waals surface area contributed by atoms with Crippen molar-refractivity contribution in [1.82, 2.24) is 15.8 Å². The van der Waals surface area contributed by atoms with E-state index in [0.29, 0.717) is 18.1 Å². The zero-order chi connectivity index (χ0) is 14.3. The fourth-order valence-electron chi connectivity index (χ4n) is 1.19. The second kappa shape index (κ2) is 7.20. The minimum Gasteiger partial charge on any atom is -0.359 e. The van der Waals surface area contributed by atoms with Gasteiger partial charge < -0.3 is 15.2 Å². The van der Waals surface area contributed by atoms with E-state index in [4.69, 9.17) is 4.52 Å². The van der Waals surface area contributed by atoms with Gasteiger partial charge in [-0.1, -0.05) is 25.1 Å². The lowest BCUT2D eigenvalue weighted by Gasteiger charge is -2.05. The Hall–Kier alpha value is -2.31. The summed E-state index contributed by atoms with van der Waals surface area (Å²) in [7, 11) is 0. The minimum atomic E-state index is -0.516. The lowest BCUT2D eigenvalue weighted by atomic mass is 10.2. The molecule has 3 amide bonds. The van der Waals surface area contributed by atoms with E-state index in [1.54, 1.807) is 12.1 Å². The molecule has 104 valence electrons. The van der Waals surface area contributed by atoms with Gasteiger partial charge in [0.15, 0.2) is 5.82 Å². The summed E-state index contributed by atoms with van der Waals surface area (Å²) in [6.07, 6.45) is 1.56. The van der Waals surface area contributed by atoms with Gasteiger partial charge in [-0.3, -0.25) is 10.1 Å². The highest BCUT2D eigenvalue weighted by Gasteiger charge is 2.10. The smallest absolute Gasteiger partial charge is 0.320 e. The molecule has 0 spiro atoms. The molecule has 3 N–H and O–H groups in total. The van der Waals surface area contributed by atoms with Crippen LogP contribution in [0.2, 0.25) is 0 Å². The second-order valence-corrected chi connectivity index (χ2v) is 4.17. The van der Waals surface area contributed by atoms with Crippen LogP contribution in [0.15, 0.2) is 23.2 Å². The predicted molar refractivity (Wildman–Crippen MR) is 70.8 cm³/mol. The van der Waals surface area contributed by atoms with E-state index >= 15 is 0 Å². The van der Waals surface area contributed by atoms with E-state index in [0.717, 1.165) is 0 Å². The summed E-state index contributed by atoms with van der Waals surface area (Å²) in [4.78, 5) is 22.7. The maximum absolute atomic E-state index is 11.5. The molecule has 0 aromatic carbocycles. The molecule has 0 saturated heterocycles. The third-order valence-electron chi connectivity index (χ3n) is 2.19. The van der Waals surface area contributed by atoms with Crippen LogP contribution < -0.4 is 16.0 Å². The summed E-state index contributed by atoms with van der Waals surface area (Å²) < 4.78 is 5.02. The van der Waals surface area contributed by atoms with Gasteiger partial charge in [-0.2, -0.15) is 0 Å². The predicted octanol–water partition coefficient (Wildman–Crippen LogP) is 1.22. The maximum Gasteiger partial charge on any atom is 0.320 e. The van der Waals surface area contributed by atoms with Crippen LogP contribution in [-0.2, 0) is 4.79 Å². The molecule has 0 atom stereocenters. The summed E-state index contributed by atoms with van der Waals surface area (Å²) in [5, 5.41) is 11.1. The van der Waals surface area contributed by atoms with Gasteiger partial charge >= 0.3 is 6.03 Å². The van der Waals surface area contributed by atoms with Gasteiger partial charge in [0, 0.05) is 18.5 Å². The Kier molecular flexibility index (Phi) is 5.59. The summed E-state index contributed by atoms with van der Waals surface area (Å²) in [6.45, 7) is 7.62. The van der Waals surface area contributed by atoms with E-state index in [2.05, 4.69) is 27.7 Å². The van der Waals surface area contributed by atoms with Crippen molar-refractivity contribution in [3.8, 4) is 0 Å². The fraction of sp³-hybridized carbons (Fsp3) is 0.417. The average molecular weight is 266 g/mol. The molecule has 0 radical (unpaired) electrons. The van der Waals surface area contributed by atoms with Crippen LogP contribution in [-0.4, -0.2) is 30.2 Å². The third kappa shape index (κ3) is 5.24. The molecule has 1 aromatic heterocycles. The molecule has 1 rings (SSSR count). The van der Waals surface area contributed by atoms with Crippen LogP contribution >= 0.6 is 0 Å². The lowest BCUT2D eigenvalue weighted by molar-refractivity contribution is -0.119. The number of anilines is 1. The van der Waals surface area contributed by atoms with Crippen molar-refractivity contribution in [2.45, 2.75) is 19.8 Å². The van der Waals surface area contributed by atoms with Crippen LogP contribution in [0, 0.1) is 0 Å². The highest BCUT2D eigenvalue weighted by Crippen LogP contribution is 2.17. The molecule has 7 nitrogen and oxygen atoms in total. The zero-order valence-corrected chi connectivity index (χ0v) is 11.0. The number of hydrogen-bond acceptors (Lipinski definition) is 4. The Balaban J connectivity index is 2.34. The van der Waals surface area contributed by atoms with E-state index < -0.39 is 6.03 Å². The second-order valence-electron chi connectivity index (χ2n) is 4.17. The summed E-state index contributed by atoms with van der Waals surface area (Å²) >= 11 is 0. The molecule has 1 aromatic rings. The molecular weight excluding hydrogens is 248 g/mol. The molecule has 1 heterocycles. The van der Waals surface area contributed by atoms with Gasteiger partial charge in [-0.25, -0.2) is 4.79 Å². The van der Waals surface area contributed by atoms with E-state index in [-0.39, 0.29) is 18.4 Å². The number of nitrogens with zero attached hydrogens (tertiary/aromatic N) is 1.